The number of carbonyl (C=O) groups is 2. The topological polar surface area (TPSA) is 175 Å². The van der Waals surface area contributed by atoms with Gasteiger partial charge in [-0.1, -0.05) is 89.8 Å². The molecule has 0 fully saturated rings. The molecule has 4 aromatic carbocycles. The molecule has 6 rings (SSSR count). The zero-order valence-electron chi connectivity index (χ0n) is 41.5. The molecule has 0 saturated heterocycles. The Labute approximate surface area is 399 Å². The van der Waals surface area contributed by atoms with Gasteiger partial charge in [0.25, 0.3) is 11.8 Å². The van der Waals surface area contributed by atoms with Crippen LogP contribution in [0.3, 0.4) is 0 Å². The van der Waals surface area contributed by atoms with Crippen molar-refractivity contribution in [2.45, 2.75) is 105 Å². The number of anilines is 2. The molecule has 68 heavy (non-hydrogen) atoms. The zero-order chi connectivity index (χ0) is 49.2. The lowest BCUT2D eigenvalue weighted by molar-refractivity contribution is 0.101. The molecule has 0 unspecified atom stereocenters. The highest BCUT2D eigenvalue weighted by Gasteiger charge is 2.25. The minimum absolute atomic E-state index is 0.155. The summed E-state index contributed by atoms with van der Waals surface area (Å²) in [5.74, 6) is 2.74. The number of nitrogens with zero attached hydrogens (tertiary/aromatic N) is 6. The maximum absolute atomic E-state index is 13.7. The Hall–Kier alpha value is -7.10. The highest BCUT2D eigenvalue weighted by Crippen LogP contribution is 2.35. The van der Waals surface area contributed by atoms with E-state index in [-0.39, 0.29) is 22.2 Å². The second-order valence-corrected chi connectivity index (χ2v) is 18.6. The van der Waals surface area contributed by atoms with E-state index in [1.54, 1.807) is 88.0 Å². The van der Waals surface area contributed by atoms with Crippen LogP contribution in [0.4, 0.5) is 11.4 Å². The molecule has 2 aromatic heterocycles. The van der Waals surface area contributed by atoms with Crippen molar-refractivity contribution in [1.29, 1.82) is 0 Å². The third-order valence-electron chi connectivity index (χ3n) is 11.7. The van der Waals surface area contributed by atoms with Crippen molar-refractivity contribution in [1.82, 2.24) is 30.0 Å². The summed E-state index contributed by atoms with van der Waals surface area (Å²) < 4.78 is 37.6. The number of aromatic nitrogens is 6. The number of methoxy groups -OCH3 is 4. The van der Waals surface area contributed by atoms with Crippen molar-refractivity contribution >= 4 is 23.2 Å². The fraction of sp³-hybridized carbons (Fsp3) is 0.423. The summed E-state index contributed by atoms with van der Waals surface area (Å²) in [5, 5.41) is 23.2. The highest BCUT2D eigenvalue weighted by atomic mass is 16.5. The van der Waals surface area contributed by atoms with E-state index in [0.29, 0.717) is 81.8 Å². The van der Waals surface area contributed by atoms with Gasteiger partial charge >= 0.3 is 0 Å². The first-order valence-corrected chi connectivity index (χ1v) is 22.9. The first kappa shape index (κ1) is 50.3. The Kier molecular flexibility index (Phi) is 16.4. The van der Waals surface area contributed by atoms with Gasteiger partial charge in [-0.25, -0.2) is 9.36 Å². The van der Waals surface area contributed by atoms with Gasteiger partial charge in [0.15, 0.2) is 11.4 Å². The molecule has 0 spiro atoms. The Morgan fingerprint density at radius 1 is 0.500 bits per heavy atom. The lowest BCUT2D eigenvalue weighted by atomic mass is 9.87. The third kappa shape index (κ3) is 12.1. The summed E-state index contributed by atoms with van der Waals surface area (Å²) >= 11 is 0. The number of unbranched alkanes of at least 4 members (excludes halogenated alkanes) is 5. The van der Waals surface area contributed by atoms with E-state index in [9.17, 15) is 9.59 Å². The molecule has 0 atom stereocenters. The van der Waals surface area contributed by atoms with Crippen molar-refractivity contribution < 1.29 is 38.0 Å². The van der Waals surface area contributed by atoms with Crippen LogP contribution in [0.2, 0.25) is 0 Å². The van der Waals surface area contributed by atoms with Crippen molar-refractivity contribution in [3.63, 3.8) is 0 Å². The van der Waals surface area contributed by atoms with Crippen molar-refractivity contribution in [2.75, 3.05) is 52.3 Å². The summed E-state index contributed by atoms with van der Waals surface area (Å²) in [6, 6.07) is 22.5. The second-order valence-electron chi connectivity index (χ2n) is 18.6. The molecular weight excluding hydrogens is 865 g/mol. The van der Waals surface area contributed by atoms with Crippen LogP contribution in [-0.2, 0) is 10.8 Å². The summed E-state index contributed by atoms with van der Waals surface area (Å²) in [6.07, 6.45) is 5.74. The predicted octanol–water partition coefficient (Wildman–Crippen LogP) is 10.4. The van der Waals surface area contributed by atoms with Gasteiger partial charge in [0, 0.05) is 12.1 Å². The molecule has 0 radical (unpaired) electrons. The number of nitrogens with one attached hydrogen (secondary N) is 2. The number of carbonyl (C=O) groups excluding carboxylic acids is 2. The smallest absolute Gasteiger partial charge is 0.278 e. The first-order chi connectivity index (χ1) is 32.5. The molecule has 0 aliphatic heterocycles. The van der Waals surface area contributed by atoms with E-state index in [0.717, 1.165) is 49.7 Å². The van der Waals surface area contributed by atoms with Crippen LogP contribution in [0.1, 0.15) is 124 Å². The van der Waals surface area contributed by atoms with Crippen LogP contribution in [0.15, 0.2) is 72.8 Å². The molecule has 2 N–H and O–H groups in total. The molecule has 0 aliphatic rings. The normalized spacial score (nSPS) is 11.5. The largest absolute Gasteiger partial charge is 0.497 e. The molecule has 16 heteroatoms. The van der Waals surface area contributed by atoms with E-state index in [2.05, 4.69) is 72.8 Å². The molecular formula is C52H66N8O8. The number of benzene rings is 4. The Balaban J connectivity index is 1.00. The minimum atomic E-state index is -0.401. The molecule has 2 heterocycles. The van der Waals surface area contributed by atoms with E-state index in [4.69, 9.17) is 28.4 Å². The highest BCUT2D eigenvalue weighted by molar-refractivity contribution is 6.05. The summed E-state index contributed by atoms with van der Waals surface area (Å²) in [4.78, 5) is 27.5. The van der Waals surface area contributed by atoms with Gasteiger partial charge in [-0.2, -0.15) is 0 Å². The Bertz CT molecular complexity index is 2510. The zero-order valence-corrected chi connectivity index (χ0v) is 41.5. The van der Waals surface area contributed by atoms with E-state index >= 15 is 0 Å². The monoisotopic (exact) mass is 931 g/mol. The maximum atomic E-state index is 13.7. The molecule has 0 bridgehead atoms. The van der Waals surface area contributed by atoms with Crippen LogP contribution in [0, 0.1) is 13.8 Å². The van der Waals surface area contributed by atoms with E-state index in [1.165, 1.54) is 0 Å². The first-order valence-electron chi connectivity index (χ1n) is 22.9. The second kappa shape index (κ2) is 22.1. The number of hydrogen-bond acceptors (Lipinski definition) is 12. The summed E-state index contributed by atoms with van der Waals surface area (Å²) in [6.45, 7) is 17.3. The minimum Gasteiger partial charge on any atom is -0.497 e. The fourth-order valence-corrected chi connectivity index (χ4v) is 7.54. The summed E-state index contributed by atoms with van der Waals surface area (Å²) in [7, 11) is 6.31. The molecule has 362 valence electrons. The lowest BCUT2D eigenvalue weighted by Crippen LogP contribution is -2.17. The van der Waals surface area contributed by atoms with E-state index in [1.807, 2.05) is 36.4 Å². The predicted molar refractivity (Wildman–Crippen MR) is 263 cm³/mol. The third-order valence-corrected chi connectivity index (χ3v) is 11.7. The van der Waals surface area contributed by atoms with Gasteiger partial charge in [0.1, 0.15) is 45.9 Å². The van der Waals surface area contributed by atoms with Gasteiger partial charge in [0.2, 0.25) is 0 Å². The van der Waals surface area contributed by atoms with Gasteiger partial charge in [-0.3, -0.25) is 9.59 Å². The number of amides is 2. The Morgan fingerprint density at radius 3 is 1.22 bits per heavy atom. The van der Waals surface area contributed by atoms with Gasteiger partial charge in [-0.05, 0) is 97.2 Å². The van der Waals surface area contributed by atoms with Gasteiger partial charge < -0.3 is 39.1 Å². The number of ether oxygens (including phenoxy) is 6. The standard InChI is InChI=1S/C52H66N8O8/c1-33-47(55-57-59(33)41-31-37(63-9)21-25-45(41)65-11)49(61)53-39-29-35(51(3,4)5)19-23-43(39)67-27-17-15-13-14-16-18-28-68-44-24-20-36(52(6,7)8)30-40(44)54-50(62)48-34(2)60(58-56-48)42-32-38(64-10)22-26-46(42)66-12/h19-26,29-32H,13-18,27-28H2,1-12H3,(H,53,61)(H,54,62). The quantitative estimate of drug-likeness (QED) is 0.0655. The molecule has 16 nitrogen and oxygen atoms in total. The molecule has 0 saturated carbocycles. The average Bonchev–Trinajstić information content (AvgIpc) is 3.90. The van der Waals surface area contributed by atoms with Crippen LogP contribution >= 0.6 is 0 Å². The molecule has 2 amide bonds. The molecule has 0 aliphatic carbocycles. The van der Waals surface area contributed by atoms with Crippen LogP contribution in [0.25, 0.3) is 11.4 Å². The maximum Gasteiger partial charge on any atom is 0.278 e. The Morgan fingerprint density at radius 2 is 0.868 bits per heavy atom. The van der Waals surface area contributed by atoms with Crippen LogP contribution < -0.4 is 39.1 Å². The number of rotatable bonds is 21. The lowest BCUT2D eigenvalue weighted by Gasteiger charge is -2.22. The van der Waals surface area contributed by atoms with Crippen molar-refractivity contribution in [3.8, 4) is 45.9 Å². The number of hydrogen-bond donors (Lipinski definition) is 2. The SMILES string of the molecule is COc1ccc(OC)c(-n2nnc(C(=O)Nc3cc(C(C)(C)C)ccc3OCCCCCCCCOc3ccc(C(C)(C)C)cc3NC(=O)c3nnn(-c4cc(OC)ccc4OC)c3C)c2C)c1. The van der Waals surface area contributed by atoms with Crippen LogP contribution in [-0.4, -0.2) is 83.5 Å². The van der Waals surface area contributed by atoms with Gasteiger partial charge in [0.05, 0.1) is 64.4 Å². The summed E-state index contributed by atoms with van der Waals surface area (Å²) in [5.41, 5.74) is 5.58. The van der Waals surface area contributed by atoms with Crippen molar-refractivity contribution in [3.05, 3.63) is 107 Å². The van der Waals surface area contributed by atoms with Gasteiger partial charge in [-0.15, -0.1) is 10.2 Å². The molecule has 6 aromatic rings. The average molecular weight is 931 g/mol. The van der Waals surface area contributed by atoms with E-state index < -0.39 is 11.8 Å². The van der Waals surface area contributed by atoms with Crippen LogP contribution in [0.5, 0.6) is 34.5 Å². The van der Waals surface area contributed by atoms with Crippen molar-refractivity contribution in [2.24, 2.45) is 0 Å². The fourth-order valence-electron chi connectivity index (χ4n) is 7.54.